The average molecular weight is 339 g/mol. The fourth-order valence-corrected chi connectivity index (χ4v) is 4.64. The lowest BCUT2D eigenvalue weighted by molar-refractivity contribution is 0.122. The van der Waals surface area contributed by atoms with Gasteiger partial charge in [-0.15, -0.1) is 0 Å². The number of ether oxygens (including phenoxy) is 1. The van der Waals surface area contributed by atoms with E-state index in [4.69, 9.17) is 4.74 Å². The molecule has 2 heterocycles. The van der Waals surface area contributed by atoms with E-state index in [1.165, 1.54) is 11.8 Å². The molecule has 1 aromatic heterocycles. The maximum Gasteiger partial charge on any atom is 0.156 e. The number of nitriles is 1. The molecule has 0 radical (unpaired) electrons. The number of morpholine rings is 1. The van der Waals surface area contributed by atoms with Gasteiger partial charge in [0.2, 0.25) is 0 Å². The van der Waals surface area contributed by atoms with E-state index in [2.05, 4.69) is 16.0 Å². The van der Waals surface area contributed by atoms with Gasteiger partial charge in [0.05, 0.1) is 18.8 Å². The fourth-order valence-electron chi connectivity index (χ4n) is 2.23. The van der Waals surface area contributed by atoms with E-state index < -0.39 is 11.2 Å². The van der Waals surface area contributed by atoms with Gasteiger partial charge in [-0.3, -0.25) is 0 Å². The zero-order chi connectivity index (χ0) is 15.9. The van der Waals surface area contributed by atoms with Crippen LogP contribution in [-0.4, -0.2) is 46.7 Å². The summed E-state index contributed by atoms with van der Waals surface area (Å²) in [5, 5.41) is 10.5. The fraction of sp³-hybridized carbons (Fsp3) is 0.600. The Kier molecular flexibility index (Phi) is 6.83. The first-order chi connectivity index (χ1) is 10.7. The lowest BCUT2D eigenvalue weighted by atomic mass is 10.1. The minimum Gasteiger partial charge on any atom is -0.616 e. The number of nitrogens with zero attached hydrogens (tertiary/aromatic N) is 3. The highest BCUT2D eigenvalue weighted by atomic mass is 32.3. The van der Waals surface area contributed by atoms with Crippen molar-refractivity contribution in [3.63, 3.8) is 0 Å². The van der Waals surface area contributed by atoms with Crippen LogP contribution < -0.4 is 4.90 Å². The van der Waals surface area contributed by atoms with Gasteiger partial charge in [-0.1, -0.05) is 18.7 Å². The number of rotatable bonds is 6. The average Bonchev–Trinajstić information content (AvgIpc) is 2.53. The standard InChI is InChI=1S/C15H21N3O2S2/c1-3-8-22(19)11-21-15-13(10-16)12(2)9-14(17-15)18-4-6-20-7-5-18/h9H,3-8,11H2,1-2H3. The van der Waals surface area contributed by atoms with E-state index in [1.807, 2.05) is 19.9 Å². The van der Waals surface area contributed by atoms with Crippen LogP contribution >= 0.6 is 11.8 Å². The summed E-state index contributed by atoms with van der Waals surface area (Å²) in [7, 11) is 0. The Balaban J connectivity index is 2.18. The van der Waals surface area contributed by atoms with Crippen molar-refractivity contribution < 1.29 is 9.29 Å². The molecule has 2 rings (SSSR count). The molecule has 0 bridgehead atoms. The Morgan fingerprint density at radius 3 is 2.86 bits per heavy atom. The largest absolute Gasteiger partial charge is 0.616 e. The van der Waals surface area contributed by atoms with Gasteiger partial charge in [-0.25, -0.2) is 4.98 Å². The first-order valence-corrected chi connectivity index (χ1v) is 9.85. The highest BCUT2D eigenvalue weighted by Crippen LogP contribution is 2.28. The lowest BCUT2D eigenvalue weighted by Gasteiger charge is -2.28. The number of hydrogen-bond acceptors (Lipinski definition) is 6. The quantitative estimate of drug-likeness (QED) is 0.585. The lowest BCUT2D eigenvalue weighted by Crippen LogP contribution is -2.36. The first-order valence-electron chi connectivity index (χ1n) is 7.38. The Labute approximate surface area is 139 Å². The third kappa shape index (κ3) is 4.53. The van der Waals surface area contributed by atoms with Crippen LogP contribution in [0.25, 0.3) is 0 Å². The Bertz CT molecular complexity index is 542. The Morgan fingerprint density at radius 2 is 2.23 bits per heavy atom. The van der Waals surface area contributed by atoms with Gasteiger partial charge in [-0.05, 0) is 36.2 Å². The van der Waals surface area contributed by atoms with E-state index in [9.17, 15) is 9.81 Å². The highest BCUT2D eigenvalue weighted by Gasteiger charge is 2.18. The van der Waals surface area contributed by atoms with E-state index in [0.29, 0.717) is 34.6 Å². The summed E-state index contributed by atoms with van der Waals surface area (Å²) >= 11 is 0.552. The van der Waals surface area contributed by atoms with Crippen molar-refractivity contribution in [1.29, 1.82) is 5.26 Å². The van der Waals surface area contributed by atoms with Crippen molar-refractivity contribution in [3.8, 4) is 6.07 Å². The van der Waals surface area contributed by atoms with Gasteiger partial charge < -0.3 is 14.2 Å². The van der Waals surface area contributed by atoms with Crippen LogP contribution in [0.1, 0.15) is 24.5 Å². The van der Waals surface area contributed by atoms with Crippen LogP contribution in [0.2, 0.25) is 0 Å². The predicted molar refractivity (Wildman–Crippen MR) is 90.7 cm³/mol. The van der Waals surface area contributed by atoms with Gasteiger partial charge in [0, 0.05) is 13.1 Å². The number of anilines is 1. The molecule has 5 nitrogen and oxygen atoms in total. The summed E-state index contributed by atoms with van der Waals surface area (Å²) in [6.07, 6.45) is 0.901. The second-order valence-electron chi connectivity index (χ2n) is 5.09. The van der Waals surface area contributed by atoms with E-state index >= 15 is 0 Å². The summed E-state index contributed by atoms with van der Waals surface area (Å²) < 4.78 is 17.2. The molecule has 1 aliphatic heterocycles. The molecule has 1 fully saturated rings. The number of thioether (sulfide) groups is 1. The molecule has 0 aliphatic carbocycles. The molecule has 0 spiro atoms. The predicted octanol–water partition coefficient (Wildman–Crippen LogP) is 2.31. The Hall–Kier alpha value is -0.940. The minimum atomic E-state index is -0.869. The van der Waals surface area contributed by atoms with E-state index in [1.54, 1.807) is 0 Å². The van der Waals surface area contributed by atoms with Gasteiger partial charge >= 0.3 is 0 Å². The van der Waals surface area contributed by atoms with Crippen molar-refractivity contribution in [2.75, 3.05) is 42.0 Å². The zero-order valence-corrected chi connectivity index (χ0v) is 14.6. The Morgan fingerprint density at radius 1 is 1.50 bits per heavy atom. The number of pyridine rings is 1. The molecule has 1 aliphatic rings. The molecule has 0 amide bonds. The van der Waals surface area contributed by atoms with Crippen molar-refractivity contribution in [3.05, 3.63) is 17.2 Å². The summed E-state index contributed by atoms with van der Waals surface area (Å²) in [6, 6.07) is 4.18. The van der Waals surface area contributed by atoms with Crippen LogP contribution in [0.15, 0.2) is 11.1 Å². The first kappa shape index (κ1) is 17.4. The topological polar surface area (TPSA) is 72.2 Å². The van der Waals surface area contributed by atoms with Crippen LogP contribution in [0.4, 0.5) is 5.82 Å². The maximum absolute atomic E-state index is 11.8. The third-order valence-electron chi connectivity index (χ3n) is 3.38. The summed E-state index contributed by atoms with van der Waals surface area (Å²) in [4.78, 5) is 6.81. The molecule has 0 aromatic carbocycles. The van der Waals surface area contributed by atoms with Gasteiger partial charge in [0.15, 0.2) is 5.08 Å². The number of hydrogen-bond donors (Lipinski definition) is 0. The smallest absolute Gasteiger partial charge is 0.156 e. The molecule has 0 saturated carbocycles. The SMILES string of the molecule is CCC[S+]([O-])CSc1nc(N2CCOCC2)cc(C)c1C#N. The molecule has 1 unspecified atom stereocenters. The van der Waals surface area contributed by atoms with Crippen molar-refractivity contribution in [2.45, 2.75) is 25.3 Å². The molecule has 1 aromatic rings. The monoisotopic (exact) mass is 339 g/mol. The van der Waals surface area contributed by atoms with Gasteiger partial charge in [-0.2, -0.15) is 5.26 Å². The van der Waals surface area contributed by atoms with E-state index in [0.717, 1.165) is 30.9 Å². The van der Waals surface area contributed by atoms with Gasteiger partial charge in [0.25, 0.3) is 0 Å². The molecule has 1 saturated heterocycles. The minimum absolute atomic E-state index is 0.488. The van der Waals surface area contributed by atoms with Crippen molar-refractivity contribution >= 4 is 28.8 Å². The second-order valence-corrected chi connectivity index (χ2v) is 8.00. The third-order valence-corrected chi connectivity index (χ3v) is 6.33. The van der Waals surface area contributed by atoms with E-state index in [-0.39, 0.29) is 0 Å². The summed E-state index contributed by atoms with van der Waals surface area (Å²) in [6.45, 7) is 6.96. The summed E-state index contributed by atoms with van der Waals surface area (Å²) in [5.41, 5.74) is 1.51. The van der Waals surface area contributed by atoms with Gasteiger partial charge in [0.1, 0.15) is 22.7 Å². The van der Waals surface area contributed by atoms with Crippen LogP contribution in [0, 0.1) is 18.3 Å². The normalized spacial score (nSPS) is 16.4. The van der Waals surface area contributed by atoms with Crippen LogP contribution in [0.5, 0.6) is 0 Å². The van der Waals surface area contributed by atoms with Crippen LogP contribution in [0.3, 0.4) is 0 Å². The summed E-state index contributed by atoms with van der Waals surface area (Å²) in [5.74, 6) is 1.57. The second kappa shape index (κ2) is 8.63. The van der Waals surface area contributed by atoms with Crippen molar-refractivity contribution in [2.24, 2.45) is 0 Å². The number of aromatic nitrogens is 1. The van der Waals surface area contributed by atoms with Crippen LogP contribution in [-0.2, 0) is 15.9 Å². The molecule has 22 heavy (non-hydrogen) atoms. The zero-order valence-electron chi connectivity index (χ0n) is 13.0. The molecular weight excluding hydrogens is 318 g/mol. The van der Waals surface area contributed by atoms with Crippen molar-refractivity contribution in [1.82, 2.24) is 4.98 Å². The molecule has 0 N–H and O–H groups in total. The highest BCUT2D eigenvalue weighted by molar-refractivity contribution is 8.12. The maximum atomic E-state index is 11.8. The number of aryl methyl sites for hydroxylation is 1. The molecule has 120 valence electrons. The molecular formula is C15H21N3O2S2. The molecule has 1 atom stereocenters. The molecule has 7 heteroatoms.